The topological polar surface area (TPSA) is 24.9 Å². The van der Waals surface area contributed by atoms with E-state index >= 15 is 0 Å². The fraction of sp³-hybridized carbons (Fsp3) is 0.533. The minimum Gasteiger partial charge on any atom is -0.313 e. The molecule has 1 aliphatic carbocycles. The molecule has 0 spiro atoms. The maximum atomic E-state index is 4.70. The smallest absolute Gasteiger partial charge is 0.151 e. The highest BCUT2D eigenvalue weighted by Gasteiger charge is 2.30. The minimum atomic E-state index is 0.678. The van der Waals surface area contributed by atoms with E-state index in [-0.39, 0.29) is 0 Å². The van der Waals surface area contributed by atoms with Gasteiger partial charge < -0.3 is 5.32 Å². The number of thiazole rings is 1. The molecule has 1 saturated carbocycles. The number of aromatic nitrogens is 1. The Balaban J connectivity index is 1.60. The maximum Gasteiger partial charge on any atom is 0.151 e. The van der Waals surface area contributed by atoms with E-state index in [9.17, 15) is 0 Å². The van der Waals surface area contributed by atoms with Crippen LogP contribution in [0.5, 0.6) is 0 Å². The summed E-state index contributed by atoms with van der Waals surface area (Å²) >= 11 is 3.74. The fourth-order valence-electron chi connectivity index (χ4n) is 2.26. The van der Waals surface area contributed by atoms with Crippen LogP contribution in [-0.2, 0) is 0 Å². The Kier molecular flexibility index (Phi) is 4.41. The summed E-state index contributed by atoms with van der Waals surface area (Å²) in [6.45, 7) is 3.37. The highest BCUT2D eigenvalue weighted by Crippen LogP contribution is 2.36. The Hall–Kier alpha value is -0.580. The van der Waals surface area contributed by atoms with E-state index in [0.717, 1.165) is 23.7 Å². The molecule has 2 nitrogen and oxygen atoms in total. The van der Waals surface area contributed by atoms with Gasteiger partial charge in [-0.25, -0.2) is 4.98 Å². The van der Waals surface area contributed by atoms with E-state index < -0.39 is 0 Å². The van der Waals surface area contributed by atoms with Crippen LogP contribution >= 0.6 is 23.1 Å². The van der Waals surface area contributed by atoms with Crippen molar-refractivity contribution < 1.29 is 0 Å². The zero-order valence-electron chi connectivity index (χ0n) is 11.3. The van der Waals surface area contributed by atoms with Crippen molar-refractivity contribution in [3.63, 3.8) is 0 Å². The summed E-state index contributed by atoms with van der Waals surface area (Å²) < 4.78 is 2.51. The van der Waals surface area contributed by atoms with Crippen LogP contribution in [-0.4, -0.2) is 23.3 Å². The summed E-state index contributed by atoms with van der Waals surface area (Å²) in [6.07, 6.45) is 4.03. The lowest BCUT2D eigenvalue weighted by molar-refractivity contribution is 0.503. The number of rotatable bonds is 7. The number of hydrogen-bond donors (Lipinski definition) is 1. The molecule has 1 atom stereocenters. The monoisotopic (exact) mass is 292 g/mol. The molecule has 1 aromatic heterocycles. The third-order valence-corrected chi connectivity index (χ3v) is 5.81. The third kappa shape index (κ3) is 3.50. The Morgan fingerprint density at radius 3 is 3.00 bits per heavy atom. The van der Waals surface area contributed by atoms with E-state index in [4.69, 9.17) is 4.98 Å². The van der Waals surface area contributed by atoms with Crippen LogP contribution in [0.15, 0.2) is 28.6 Å². The molecule has 1 aliphatic rings. The SMILES string of the molecule is CCCNC(CSc1nc2ccccc2s1)C1CC1. The molecule has 1 unspecified atom stereocenters. The molecule has 0 aliphatic heterocycles. The van der Waals surface area contributed by atoms with Crippen LogP contribution in [0.2, 0.25) is 0 Å². The van der Waals surface area contributed by atoms with Crippen LogP contribution in [0.3, 0.4) is 0 Å². The van der Waals surface area contributed by atoms with Crippen molar-refractivity contribution in [2.24, 2.45) is 5.92 Å². The molecular formula is C15H20N2S2. The van der Waals surface area contributed by atoms with Crippen LogP contribution in [0.1, 0.15) is 26.2 Å². The second-order valence-electron chi connectivity index (χ2n) is 5.16. The number of fused-ring (bicyclic) bond motifs is 1. The first-order valence-electron chi connectivity index (χ1n) is 7.08. The fourth-order valence-corrected chi connectivity index (χ4v) is 4.55. The van der Waals surface area contributed by atoms with Gasteiger partial charge in [0.2, 0.25) is 0 Å². The first-order valence-corrected chi connectivity index (χ1v) is 8.89. The normalized spacial score (nSPS) is 16.9. The van der Waals surface area contributed by atoms with E-state index in [0.29, 0.717) is 6.04 Å². The second-order valence-corrected chi connectivity index (χ2v) is 7.45. The van der Waals surface area contributed by atoms with Crippen molar-refractivity contribution in [1.82, 2.24) is 10.3 Å². The first-order chi connectivity index (χ1) is 9.36. The summed E-state index contributed by atoms with van der Waals surface area (Å²) in [4.78, 5) is 4.70. The average molecular weight is 292 g/mol. The van der Waals surface area contributed by atoms with E-state index in [1.807, 2.05) is 23.1 Å². The van der Waals surface area contributed by atoms with Crippen LogP contribution in [0.25, 0.3) is 10.2 Å². The molecule has 2 aromatic rings. The van der Waals surface area contributed by atoms with Crippen molar-refractivity contribution in [3.8, 4) is 0 Å². The number of para-hydroxylation sites is 1. The largest absolute Gasteiger partial charge is 0.313 e. The summed E-state index contributed by atoms with van der Waals surface area (Å²) in [7, 11) is 0. The van der Waals surface area contributed by atoms with Gasteiger partial charge in [-0.05, 0) is 43.9 Å². The van der Waals surface area contributed by atoms with E-state index in [1.165, 1.54) is 28.3 Å². The van der Waals surface area contributed by atoms with Gasteiger partial charge in [-0.15, -0.1) is 11.3 Å². The van der Waals surface area contributed by atoms with Crippen molar-refractivity contribution in [2.75, 3.05) is 12.3 Å². The molecular weight excluding hydrogens is 272 g/mol. The zero-order valence-corrected chi connectivity index (χ0v) is 12.9. The summed E-state index contributed by atoms with van der Waals surface area (Å²) in [5, 5.41) is 3.69. The third-order valence-electron chi connectivity index (χ3n) is 3.51. The number of nitrogens with one attached hydrogen (secondary N) is 1. The van der Waals surface area contributed by atoms with Gasteiger partial charge in [0.1, 0.15) is 0 Å². The number of benzene rings is 1. The standard InChI is InChI=1S/C15H20N2S2/c1-2-9-16-13(11-7-8-11)10-18-15-17-12-5-3-4-6-14(12)19-15/h3-6,11,13,16H,2,7-10H2,1H3. The Bertz CT molecular complexity index is 501. The molecule has 0 bridgehead atoms. The lowest BCUT2D eigenvalue weighted by Gasteiger charge is -2.16. The number of thioether (sulfide) groups is 1. The lowest BCUT2D eigenvalue weighted by atomic mass is 10.2. The number of hydrogen-bond acceptors (Lipinski definition) is 4. The minimum absolute atomic E-state index is 0.678. The summed E-state index contributed by atoms with van der Waals surface area (Å²) in [5.41, 5.74) is 1.14. The Labute approximate surface area is 123 Å². The predicted octanol–water partition coefficient (Wildman–Crippen LogP) is 4.17. The van der Waals surface area contributed by atoms with Crippen molar-refractivity contribution in [1.29, 1.82) is 0 Å². The molecule has 0 amide bonds. The quantitative estimate of drug-likeness (QED) is 0.775. The van der Waals surface area contributed by atoms with Crippen molar-refractivity contribution in [2.45, 2.75) is 36.6 Å². The zero-order chi connectivity index (χ0) is 13.1. The molecule has 1 fully saturated rings. The van der Waals surface area contributed by atoms with Gasteiger partial charge in [0.25, 0.3) is 0 Å². The highest BCUT2D eigenvalue weighted by atomic mass is 32.2. The van der Waals surface area contributed by atoms with Gasteiger partial charge in [0.15, 0.2) is 4.34 Å². The Morgan fingerprint density at radius 2 is 2.26 bits per heavy atom. The van der Waals surface area contributed by atoms with Gasteiger partial charge in [0, 0.05) is 11.8 Å². The summed E-state index contributed by atoms with van der Waals surface area (Å²) in [6, 6.07) is 9.09. The van der Waals surface area contributed by atoms with Gasteiger partial charge in [-0.3, -0.25) is 0 Å². The van der Waals surface area contributed by atoms with Crippen molar-refractivity contribution in [3.05, 3.63) is 24.3 Å². The molecule has 0 saturated heterocycles. The summed E-state index contributed by atoms with van der Waals surface area (Å²) in [5.74, 6) is 2.07. The molecule has 1 heterocycles. The number of nitrogens with zero attached hydrogens (tertiary/aromatic N) is 1. The average Bonchev–Trinajstić information content (AvgIpc) is 3.18. The Morgan fingerprint density at radius 1 is 1.42 bits per heavy atom. The van der Waals surface area contributed by atoms with Crippen molar-refractivity contribution >= 4 is 33.3 Å². The maximum absolute atomic E-state index is 4.70. The van der Waals surface area contributed by atoms with Crippen LogP contribution < -0.4 is 5.32 Å². The highest BCUT2D eigenvalue weighted by molar-refractivity contribution is 8.01. The molecule has 4 heteroatoms. The molecule has 1 N–H and O–H groups in total. The van der Waals surface area contributed by atoms with Gasteiger partial charge in [-0.2, -0.15) is 0 Å². The van der Waals surface area contributed by atoms with Gasteiger partial charge in [0.05, 0.1) is 10.2 Å². The van der Waals surface area contributed by atoms with Gasteiger partial charge in [-0.1, -0.05) is 30.8 Å². The molecule has 102 valence electrons. The lowest BCUT2D eigenvalue weighted by Crippen LogP contribution is -2.33. The van der Waals surface area contributed by atoms with Crippen LogP contribution in [0.4, 0.5) is 0 Å². The molecule has 0 radical (unpaired) electrons. The van der Waals surface area contributed by atoms with E-state index in [2.05, 4.69) is 36.5 Å². The molecule has 1 aromatic carbocycles. The second kappa shape index (κ2) is 6.25. The van der Waals surface area contributed by atoms with E-state index in [1.54, 1.807) is 0 Å². The molecule has 19 heavy (non-hydrogen) atoms. The van der Waals surface area contributed by atoms with Gasteiger partial charge >= 0.3 is 0 Å². The van der Waals surface area contributed by atoms with Crippen LogP contribution in [0, 0.1) is 5.92 Å². The molecule has 3 rings (SSSR count). The predicted molar refractivity (Wildman–Crippen MR) is 85.1 cm³/mol. The first kappa shape index (κ1) is 13.4.